The highest BCUT2D eigenvalue weighted by Gasteiger charge is 2.13. The van der Waals surface area contributed by atoms with Crippen LogP contribution in [0.3, 0.4) is 0 Å². The van der Waals surface area contributed by atoms with E-state index in [0.29, 0.717) is 22.9 Å². The molecule has 0 aliphatic carbocycles. The van der Waals surface area contributed by atoms with Gasteiger partial charge in [0.05, 0.1) is 17.0 Å². The van der Waals surface area contributed by atoms with Gasteiger partial charge in [-0.25, -0.2) is 5.10 Å². The van der Waals surface area contributed by atoms with Crippen LogP contribution < -0.4 is 10.9 Å². The summed E-state index contributed by atoms with van der Waals surface area (Å²) in [4.78, 5) is 24.0. The molecule has 0 saturated heterocycles. The smallest absolute Gasteiger partial charge is 0.272 e. The summed E-state index contributed by atoms with van der Waals surface area (Å²) in [5.74, 6) is -0.373. The first-order valence-corrected chi connectivity index (χ1v) is 6.93. The van der Waals surface area contributed by atoms with Crippen molar-refractivity contribution >= 4 is 16.7 Å². The molecule has 3 aromatic rings. The first-order valence-electron chi connectivity index (χ1n) is 6.93. The third-order valence-corrected chi connectivity index (χ3v) is 3.45. The number of hydrogen-bond acceptors (Lipinski definition) is 4. The number of hydrogen-bond donors (Lipinski definition) is 2. The van der Waals surface area contributed by atoms with Gasteiger partial charge in [0, 0.05) is 11.9 Å². The van der Waals surface area contributed by atoms with Crippen LogP contribution in [-0.2, 0) is 6.54 Å². The summed E-state index contributed by atoms with van der Waals surface area (Å²) in [5.41, 5.74) is 1.28. The SMILES string of the molecule is N#Cc1ccc(CNC(=O)c2n[nH]c(=O)c3ccccc23)cc1. The number of rotatable bonds is 3. The molecule has 0 atom stereocenters. The average Bonchev–Trinajstić information content (AvgIpc) is 2.60. The van der Waals surface area contributed by atoms with Gasteiger partial charge in [-0.1, -0.05) is 30.3 Å². The molecule has 1 amide bonds. The van der Waals surface area contributed by atoms with Crippen LogP contribution in [0.5, 0.6) is 0 Å². The Bertz CT molecular complexity index is 968. The van der Waals surface area contributed by atoms with E-state index >= 15 is 0 Å². The van der Waals surface area contributed by atoms with Crippen LogP contribution in [0.1, 0.15) is 21.6 Å². The molecule has 0 radical (unpaired) electrons. The molecule has 23 heavy (non-hydrogen) atoms. The Balaban J connectivity index is 1.82. The minimum atomic E-state index is -0.373. The first kappa shape index (κ1) is 14.5. The highest BCUT2D eigenvalue weighted by atomic mass is 16.2. The van der Waals surface area contributed by atoms with Crippen molar-refractivity contribution in [3.05, 3.63) is 75.7 Å². The minimum absolute atomic E-state index is 0.175. The van der Waals surface area contributed by atoms with Crippen LogP contribution in [0.2, 0.25) is 0 Å². The quantitative estimate of drug-likeness (QED) is 0.769. The standard InChI is InChI=1S/C17H12N4O2/c18-9-11-5-7-12(8-6-11)10-19-17(23)15-13-3-1-2-4-14(13)16(22)21-20-15/h1-8H,10H2,(H,19,23)(H,21,22). The second-order valence-corrected chi connectivity index (χ2v) is 4.94. The molecule has 0 spiro atoms. The van der Waals surface area contributed by atoms with Gasteiger partial charge in [-0.15, -0.1) is 0 Å². The van der Waals surface area contributed by atoms with E-state index in [1.807, 2.05) is 6.07 Å². The summed E-state index contributed by atoms with van der Waals surface area (Å²) >= 11 is 0. The summed E-state index contributed by atoms with van der Waals surface area (Å²) in [5, 5.41) is 18.6. The molecule has 1 aromatic heterocycles. The topological polar surface area (TPSA) is 98.6 Å². The number of carbonyl (C=O) groups is 1. The molecule has 6 heteroatoms. The number of fused-ring (bicyclic) bond motifs is 1. The van der Waals surface area contributed by atoms with Crippen LogP contribution in [0.4, 0.5) is 0 Å². The Morgan fingerprint density at radius 2 is 1.83 bits per heavy atom. The van der Waals surface area contributed by atoms with Crippen LogP contribution in [0.15, 0.2) is 53.3 Å². The number of nitriles is 1. The molecule has 0 aliphatic heterocycles. The van der Waals surface area contributed by atoms with Crippen molar-refractivity contribution in [2.45, 2.75) is 6.54 Å². The van der Waals surface area contributed by atoms with E-state index in [9.17, 15) is 9.59 Å². The predicted octanol–water partition coefficient (Wildman–Crippen LogP) is 1.72. The summed E-state index contributed by atoms with van der Waals surface area (Å²) in [6, 6.07) is 15.8. The number of amides is 1. The molecule has 2 aromatic carbocycles. The fourth-order valence-corrected chi connectivity index (χ4v) is 2.25. The molecule has 0 fully saturated rings. The van der Waals surface area contributed by atoms with E-state index in [1.165, 1.54) is 0 Å². The van der Waals surface area contributed by atoms with Crippen LogP contribution in [0.25, 0.3) is 10.8 Å². The summed E-state index contributed by atoms with van der Waals surface area (Å²) in [6.45, 7) is 0.305. The van der Waals surface area contributed by atoms with Gasteiger partial charge < -0.3 is 5.32 Å². The predicted molar refractivity (Wildman–Crippen MR) is 84.7 cm³/mol. The van der Waals surface area contributed by atoms with E-state index in [0.717, 1.165) is 5.56 Å². The number of carbonyl (C=O) groups excluding carboxylic acids is 1. The Labute approximate surface area is 131 Å². The average molecular weight is 304 g/mol. The van der Waals surface area contributed by atoms with E-state index in [-0.39, 0.29) is 17.2 Å². The van der Waals surface area contributed by atoms with Gasteiger partial charge >= 0.3 is 0 Å². The summed E-state index contributed by atoms with van der Waals surface area (Å²) in [6.07, 6.45) is 0. The molecule has 3 rings (SSSR count). The lowest BCUT2D eigenvalue weighted by atomic mass is 10.1. The lowest BCUT2D eigenvalue weighted by Gasteiger charge is -2.07. The highest BCUT2D eigenvalue weighted by molar-refractivity contribution is 6.04. The first-order chi connectivity index (χ1) is 11.2. The molecule has 0 saturated carbocycles. The molecular weight excluding hydrogens is 292 g/mol. The molecule has 0 aliphatic rings. The normalized spacial score (nSPS) is 10.2. The van der Waals surface area contributed by atoms with Crippen LogP contribution in [-0.4, -0.2) is 16.1 Å². The van der Waals surface area contributed by atoms with E-state index < -0.39 is 0 Å². The zero-order chi connectivity index (χ0) is 16.2. The van der Waals surface area contributed by atoms with Crippen LogP contribution >= 0.6 is 0 Å². The van der Waals surface area contributed by atoms with E-state index in [1.54, 1.807) is 48.5 Å². The highest BCUT2D eigenvalue weighted by Crippen LogP contribution is 2.12. The summed E-state index contributed by atoms with van der Waals surface area (Å²) in [7, 11) is 0. The second-order valence-electron chi connectivity index (χ2n) is 4.94. The number of nitrogens with zero attached hydrogens (tertiary/aromatic N) is 2. The monoisotopic (exact) mass is 304 g/mol. The van der Waals surface area contributed by atoms with Crippen molar-refractivity contribution in [2.75, 3.05) is 0 Å². The number of aromatic nitrogens is 2. The van der Waals surface area contributed by atoms with Crippen molar-refractivity contribution < 1.29 is 4.79 Å². The fourth-order valence-electron chi connectivity index (χ4n) is 2.25. The van der Waals surface area contributed by atoms with Crippen molar-refractivity contribution in [3.8, 4) is 6.07 Å². The zero-order valence-corrected chi connectivity index (χ0v) is 12.0. The third-order valence-electron chi connectivity index (χ3n) is 3.45. The van der Waals surface area contributed by atoms with Crippen molar-refractivity contribution in [3.63, 3.8) is 0 Å². The number of H-pyrrole nitrogens is 1. The van der Waals surface area contributed by atoms with Gasteiger partial charge in [0.1, 0.15) is 0 Å². The van der Waals surface area contributed by atoms with Gasteiger partial charge in [0.2, 0.25) is 0 Å². The van der Waals surface area contributed by atoms with Crippen molar-refractivity contribution in [1.82, 2.24) is 15.5 Å². The molecule has 0 unspecified atom stereocenters. The second kappa shape index (κ2) is 6.12. The van der Waals surface area contributed by atoms with Gasteiger partial charge in [0.15, 0.2) is 5.69 Å². The Morgan fingerprint density at radius 1 is 1.13 bits per heavy atom. The van der Waals surface area contributed by atoms with Gasteiger partial charge in [-0.05, 0) is 23.8 Å². The maximum atomic E-state index is 12.3. The van der Waals surface area contributed by atoms with Gasteiger partial charge in [0.25, 0.3) is 11.5 Å². The largest absolute Gasteiger partial charge is 0.347 e. The van der Waals surface area contributed by atoms with Crippen LogP contribution in [0, 0.1) is 11.3 Å². The Hall–Kier alpha value is -3.46. The fraction of sp³-hybridized carbons (Fsp3) is 0.0588. The van der Waals surface area contributed by atoms with E-state index in [4.69, 9.17) is 5.26 Å². The molecule has 6 nitrogen and oxygen atoms in total. The zero-order valence-electron chi connectivity index (χ0n) is 12.0. The molecule has 112 valence electrons. The number of aromatic amines is 1. The van der Waals surface area contributed by atoms with Gasteiger partial charge in [-0.2, -0.15) is 10.4 Å². The molecular formula is C17H12N4O2. The number of nitrogens with one attached hydrogen (secondary N) is 2. The minimum Gasteiger partial charge on any atom is -0.347 e. The Morgan fingerprint density at radius 3 is 2.52 bits per heavy atom. The molecule has 2 N–H and O–H groups in total. The van der Waals surface area contributed by atoms with Crippen molar-refractivity contribution in [2.24, 2.45) is 0 Å². The Kier molecular flexibility index (Phi) is 3.85. The maximum Gasteiger partial charge on any atom is 0.272 e. The molecule has 0 bridgehead atoms. The lowest BCUT2D eigenvalue weighted by molar-refractivity contribution is 0.0946. The van der Waals surface area contributed by atoms with Crippen molar-refractivity contribution in [1.29, 1.82) is 5.26 Å². The third kappa shape index (κ3) is 2.94. The molecule has 1 heterocycles. The van der Waals surface area contributed by atoms with E-state index in [2.05, 4.69) is 15.5 Å². The van der Waals surface area contributed by atoms with Gasteiger partial charge in [-0.3, -0.25) is 9.59 Å². The lowest BCUT2D eigenvalue weighted by Crippen LogP contribution is -2.26. The maximum absolute atomic E-state index is 12.3. The number of benzene rings is 2. The summed E-state index contributed by atoms with van der Waals surface area (Å²) < 4.78 is 0.